The van der Waals surface area contributed by atoms with Gasteiger partial charge in [0.1, 0.15) is 11.3 Å². The normalized spacial score (nSPS) is 11.3. The molecule has 0 aliphatic rings. The van der Waals surface area contributed by atoms with Crippen molar-refractivity contribution in [1.29, 1.82) is 0 Å². The van der Waals surface area contributed by atoms with Crippen molar-refractivity contribution in [2.45, 2.75) is 18.7 Å². The highest BCUT2D eigenvalue weighted by Crippen LogP contribution is 2.30. The molecule has 5 nitrogen and oxygen atoms in total. The Labute approximate surface area is 146 Å². The number of nitrogens with one attached hydrogen (secondary N) is 1. The summed E-state index contributed by atoms with van der Waals surface area (Å²) in [6.45, 7) is 3.23. The lowest BCUT2D eigenvalue weighted by molar-refractivity contribution is 0.0951. The maximum atomic E-state index is 14.1. The lowest BCUT2D eigenvalue weighted by Crippen LogP contribution is -2.25. The fourth-order valence-corrected chi connectivity index (χ4v) is 3.36. The number of halogens is 4. The van der Waals surface area contributed by atoms with Gasteiger partial charge in [-0.15, -0.1) is 0 Å². The van der Waals surface area contributed by atoms with E-state index in [0.29, 0.717) is 11.1 Å². The molecule has 0 radical (unpaired) electrons. The molecule has 0 heterocycles. The van der Waals surface area contributed by atoms with Crippen LogP contribution in [-0.2, 0) is 10.1 Å². The summed E-state index contributed by atoms with van der Waals surface area (Å²) in [5.41, 5.74) is -0.403. The van der Waals surface area contributed by atoms with E-state index in [-0.39, 0.29) is 5.75 Å². The molecule has 0 aliphatic carbocycles. The van der Waals surface area contributed by atoms with Gasteiger partial charge in [-0.2, -0.15) is 8.42 Å². The second kappa shape index (κ2) is 6.94. The summed E-state index contributed by atoms with van der Waals surface area (Å²) in [5, 5.41) is 1.79. The van der Waals surface area contributed by atoms with Crippen molar-refractivity contribution in [1.82, 2.24) is 5.32 Å². The predicted molar refractivity (Wildman–Crippen MR) is 83.4 cm³/mol. The van der Waals surface area contributed by atoms with Crippen LogP contribution in [0.4, 0.5) is 17.6 Å². The van der Waals surface area contributed by atoms with Crippen LogP contribution in [0.3, 0.4) is 0 Å². The van der Waals surface area contributed by atoms with Crippen LogP contribution in [0.1, 0.15) is 21.5 Å². The summed E-state index contributed by atoms with van der Waals surface area (Å²) in [5.74, 6) is -10.6. The van der Waals surface area contributed by atoms with E-state index in [2.05, 4.69) is 4.18 Å². The Morgan fingerprint density at radius 1 is 0.923 bits per heavy atom. The molecule has 0 saturated carbocycles. The van der Waals surface area contributed by atoms with Gasteiger partial charge < -0.3 is 9.50 Å². The Balaban J connectivity index is 2.65. The van der Waals surface area contributed by atoms with E-state index in [1.165, 1.54) is 12.1 Å². The molecule has 0 fully saturated rings. The number of carbonyl (C=O) groups excluding carboxylic acids is 1. The van der Waals surface area contributed by atoms with Gasteiger partial charge in [0.2, 0.25) is 0 Å². The zero-order chi connectivity index (χ0) is 19.8. The molecule has 0 unspecified atom stereocenters. The Morgan fingerprint density at radius 3 is 1.81 bits per heavy atom. The molecule has 1 N–H and O–H groups in total. The van der Waals surface area contributed by atoms with Gasteiger partial charge in [-0.3, -0.25) is 4.79 Å². The minimum Gasteiger partial charge on any atom is -0.379 e. The lowest BCUT2D eigenvalue weighted by Gasteiger charge is -2.13. The van der Waals surface area contributed by atoms with Gasteiger partial charge >= 0.3 is 10.1 Å². The molecule has 2 aromatic carbocycles. The van der Waals surface area contributed by atoms with Crippen LogP contribution in [0.5, 0.6) is 5.75 Å². The molecule has 140 valence electrons. The lowest BCUT2D eigenvalue weighted by atomic mass is 10.1. The van der Waals surface area contributed by atoms with Gasteiger partial charge in [0.25, 0.3) is 5.91 Å². The van der Waals surface area contributed by atoms with Gasteiger partial charge in [-0.25, -0.2) is 17.6 Å². The smallest absolute Gasteiger partial charge is 0.345 e. The minimum atomic E-state index is -5.26. The number of hydrogen-bond donors (Lipinski definition) is 1. The van der Waals surface area contributed by atoms with Crippen molar-refractivity contribution in [3.05, 3.63) is 58.2 Å². The van der Waals surface area contributed by atoms with Crippen LogP contribution in [-0.4, -0.2) is 21.4 Å². The first-order valence-electron chi connectivity index (χ1n) is 7.10. The van der Waals surface area contributed by atoms with Crippen molar-refractivity contribution in [3.8, 4) is 5.75 Å². The van der Waals surface area contributed by atoms with E-state index in [1.807, 2.05) is 0 Å². The van der Waals surface area contributed by atoms with E-state index in [4.69, 9.17) is 0 Å². The van der Waals surface area contributed by atoms with Crippen molar-refractivity contribution < 1.29 is 35.0 Å². The third-order valence-electron chi connectivity index (χ3n) is 3.33. The third kappa shape index (κ3) is 3.50. The van der Waals surface area contributed by atoms with Crippen LogP contribution < -0.4 is 9.50 Å². The van der Waals surface area contributed by atoms with Crippen LogP contribution >= 0.6 is 0 Å². The summed E-state index contributed by atoms with van der Waals surface area (Å²) in [7, 11) is -4.29. The average molecular weight is 391 g/mol. The average Bonchev–Trinajstić information content (AvgIpc) is 2.51. The monoisotopic (exact) mass is 391 g/mol. The molecule has 0 atom stereocenters. The fourth-order valence-electron chi connectivity index (χ4n) is 2.30. The molecule has 0 saturated heterocycles. The molecule has 0 bridgehead atoms. The van der Waals surface area contributed by atoms with E-state index in [1.54, 1.807) is 25.2 Å². The largest absolute Gasteiger partial charge is 0.379 e. The van der Waals surface area contributed by atoms with Crippen LogP contribution in [0, 0.1) is 37.1 Å². The Bertz CT molecular complexity index is 957. The molecule has 26 heavy (non-hydrogen) atoms. The maximum absolute atomic E-state index is 14.1. The first kappa shape index (κ1) is 19.7. The number of benzene rings is 2. The van der Waals surface area contributed by atoms with Gasteiger partial charge in [-0.05, 0) is 37.1 Å². The number of carbonyl (C=O) groups is 1. The second-order valence-electron chi connectivity index (χ2n) is 5.40. The van der Waals surface area contributed by atoms with Crippen molar-refractivity contribution in [2.24, 2.45) is 0 Å². The van der Waals surface area contributed by atoms with E-state index < -0.39 is 49.8 Å². The molecular weight excluding hydrogens is 378 g/mol. The molecule has 0 aromatic heterocycles. The Hall–Kier alpha value is -2.62. The van der Waals surface area contributed by atoms with Crippen LogP contribution in [0.15, 0.2) is 23.1 Å². The van der Waals surface area contributed by atoms with Gasteiger partial charge in [0.05, 0.1) is 0 Å². The number of aryl methyl sites for hydroxylation is 2. The van der Waals surface area contributed by atoms with E-state index in [9.17, 15) is 30.8 Å². The predicted octanol–water partition coefficient (Wildman–Crippen LogP) is 2.99. The molecule has 2 rings (SSSR count). The topological polar surface area (TPSA) is 72.5 Å². The van der Waals surface area contributed by atoms with Crippen molar-refractivity contribution >= 4 is 16.0 Å². The summed E-state index contributed by atoms with van der Waals surface area (Å²) in [6, 6.07) is 4.19. The highest BCUT2D eigenvalue weighted by molar-refractivity contribution is 7.87. The van der Waals surface area contributed by atoms with E-state index in [0.717, 1.165) is 7.05 Å². The molecule has 0 spiro atoms. The Morgan fingerprint density at radius 2 is 1.38 bits per heavy atom. The SMILES string of the molecule is CNC(=O)c1c(F)c(F)c(S(=O)(=O)Oc2cc(C)cc(C)c2)c(F)c1F. The zero-order valence-electron chi connectivity index (χ0n) is 13.8. The first-order chi connectivity index (χ1) is 12.0. The highest BCUT2D eigenvalue weighted by atomic mass is 32.2. The maximum Gasteiger partial charge on any atom is 0.345 e. The summed E-state index contributed by atoms with van der Waals surface area (Å²) < 4.78 is 85.2. The molecule has 1 amide bonds. The standard InChI is InChI=1S/C16H13F4NO4S/c1-7-4-8(2)6-9(5-7)25-26(23,24)15-13(19)11(17)10(16(22)21-3)12(18)14(15)20/h4-6H,1-3H3,(H,21,22). The minimum absolute atomic E-state index is 0.294. The van der Waals surface area contributed by atoms with Crippen molar-refractivity contribution in [3.63, 3.8) is 0 Å². The second-order valence-corrected chi connectivity index (χ2v) is 6.88. The molecule has 2 aromatic rings. The summed E-state index contributed by atoms with van der Waals surface area (Å²) >= 11 is 0. The van der Waals surface area contributed by atoms with Gasteiger partial charge in [-0.1, -0.05) is 6.07 Å². The van der Waals surface area contributed by atoms with Gasteiger partial charge in [0, 0.05) is 7.05 Å². The third-order valence-corrected chi connectivity index (χ3v) is 4.60. The summed E-state index contributed by atoms with van der Waals surface area (Å²) in [4.78, 5) is 9.42. The van der Waals surface area contributed by atoms with E-state index >= 15 is 0 Å². The zero-order valence-corrected chi connectivity index (χ0v) is 14.6. The fraction of sp³-hybridized carbons (Fsp3) is 0.188. The number of hydrogen-bond acceptors (Lipinski definition) is 4. The molecule has 0 aliphatic heterocycles. The Kier molecular flexibility index (Phi) is 5.26. The first-order valence-corrected chi connectivity index (χ1v) is 8.51. The van der Waals surface area contributed by atoms with Gasteiger partial charge in [0.15, 0.2) is 28.2 Å². The van der Waals surface area contributed by atoms with Crippen molar-refractivity contribution in [2.75, 3.05) is 7.05 Å². The number of amides is 1. The highest BCUT2D eigenvalue weighted by Gasteiger charge is 2.36. The quantitative estimate of drug-likeness (QED) is 0.494. The molecule has 10 heteroatoms. The van der Waals surface area contributed by atoms with Crippen LogP contribution in [0.2, 0.25) is 0 Å². The summed E-state index contributed by atoms with van der Waals surface area (Å²) in [6.07, 6.45) is 0. The van der Waals surface area contributed by atoms with Crippen LogP contribution in [0.25, 0.3) is 0 Å². The molecular formula is C16H13F4NO4S. The number of rotatable bonds is 4.